The Kier molecular flexibility index (Phi) is 6.17. The molecule has 0 aromatic heterocycles. The van der Waals surface area contributed by atoms with E-state index in [1.807, 2.05) is 19.1 Å². The van der Waals surface area contributed by atoms with E-state index >= 15 is 0 Å². The molecule has 0 atom stereocenters. The Hall–Kier alpha value is -2.04. The predicted molar refractivity (Wildman–Crippen MR) is 106 cm³/mol. The number of nitrogens with zero attached hydrogens (tertiary/aromatic N) is 2. The summed E-state index contributed by atoms with van der Waals surface area (Å²) in [6.45, 7) is 10.3. The summed E-state index contributed by atoms with van der Waals surface area (Å²) >= 11 is 0. The molecule has 1 fully saturated rings. The first kappa shape index (κ1) is 18.7. The molecule has 1 aliphatic heterocycles. The molecule has 26 heavy (non-hydrogen) atoms. The van der Waals surface area contributed by atoms with Crippen molar-refractivity contribution in [1.29, 1.82) is 0 Å². The number of benzene rings is 2. The number of rotatable bonds is 6. The lowest BCUT2D eigenvalue weighted by atomic mass is 10.00. The van der Waals surface area contributed by atoms with Gasteiger partial charge in [0.1, 0.15) is 18.1 Å². The van der Waals surface area contributed by atoms with Gasteiger partial charge in [-0.05, 0) is 44.2 Å². The second-order valence-electron chi connectivity index (χ2n) is 7.41. The van der Waals surface area contributed by atoms with Crippen LogP contribution in [-0.2, 0) is 6.42 Å². The summed E-state index contributed by atoms with van der Waals surface area (Å²) in [6, 6.07) is 12.1. The zero-order valence-corrected chi connectivity index (χ0v) is 16.2. The van der Waals surface area contributed by atoms with E-state index < -0.39 is 0 Å². The van der Waals surface area contributed by atoms with Crippen molar-refractivity contribution in [1.82, 2.24) is 9.80 Å². The summed E-state index contributed by atoms with van der Waals surface area (Å²) in [6.07, 6.45) is 0.680. The Bertz CT molecular complexity index is 737. The topological polar surface area (TPSA) is 35.9 Å². The van der Waals surface area contributed by atoms with Crippen LogP contribution in [0, 0.1) is 13.8 Å². The van der Waals surface area contributed by atoms with Crippen molar-refractivity contribution in [3.05, 3.63) is 58.7 Å². The molecule has 4 nitrogen and oxygen atoms in total. The maximum Gasteiger partial charge on any atom is 0.122 e. The van der Waals surface area contributed by atoms with Crippen LogP contribution < -0.4 is 4.74 Å². The monoisotopic (exact) mass is 354 g/mol. The lowest BCUT2D eigenvalue weighted by Gasteiger charge is -2.32. The fourth-order valence-corrected chi connectivity index (χ4v) is 3.40. The Morgan fingerprint density at radius 2 is 1.58 bits per heavy atom. The van der Waals surface area contributed by atoms with Crippen LogP contribution in [0.2, 0.25) is 0 Å². The number of piperazine rings is 1. The Balaban J connectivity index is 1.65. The molecule has 0 spiro atoms. The molecule has 0 amide bonds. The van der Waals surface area contributed by atoms with Gasteiger partial charge in [0.25, 0.3) is 0 Å². The van der Waals surface area contributed by atoms with E-state index in [2.05, 4.69) is 42.0 Å². The number of aryl methyl sites for hydroxylation is 2. The number of hydrogen-bond acceptors (Lipinski definition) is 4. The highest BCUT2D eigenvalue weighted by atomic mass is 16.5. The Morgan fingerprint density at radius 1 is 0.923 bits per heavy atom. The van der Waals surface area contributed by atoms with Crippen LogP contribution >= 0.6 is 0 Å². The van der Waals surface area contributed by atoms with Crippen molar-refractivity contribution >= 4 is 0 Å². The van der Waals surface area contributed by atoms with E-state index in [4.69, 9.17) is 4.74 Å². The number of phenolic OH excluding ortho intramolecular Hbond substituents is 1. The highest BCUT2D eigenvalue weighted by Gasteiger charge is 2.14. The Morgan fingerprint density at radius 3 is 2.31 bits per heavy atom. The summed E-state index contributed by atoms with van der Waals surface area (Å²) < 4.78 is 6.13. The minimum atomic E-state index is 0.348. The SMILES string of the molecule is Cc1ccc(O)c(Cc2cc(C)ccc2OCCN2CCN(C)CC2)c1. The maximum atomic E-state index is 10.2. The molecular weight excluding hydrogens is 324 g/mol. The zero-order chi connectivity index (χ0) is 18.5. The average Bonchev–Trinajstić information content (AvgIpc) is 2.62. The third kappa shape index (κ3) is 4.99. The van der Waals surface area contributed by atoms with Crippen molar-refractivity contribution < 1.29 is 9.84 Å². The van der Waals surface area contributed by atoms with Gasteiger partial charge in [-0.2, -0.15) is 0 Å². The molecule has 4 heteroatoms. The lowest BCUT2D eigenvalue weighted by Crippen LogP contribution is -2.45. The predicted octanol–water partition coefficient (Wildman–Crippen LogP) is 3.23. The molecule has 1 N–H and O–H groups in total. The maximum absolute atomic E-state index is 10.2. The molecule has 0 radical (unpaired) electrons. The summed E-state index contributed by atoms with van der Waals surface area (Å²) in [5, 5.41) is 10.2. The fourth-order valence-electron chi connectivity index (χ4n) is 3.40. The molecule has 2 aromatic carbocycles. The summed E-state index contributed by atoms with van der Waals surface area (Å²) in [5.41, 5.74) is 4.44. The van der Waals surface area contributed by atoms with Gasteiger partial charge >= 0.3 is 0 Å². The number of likely N-dealkylation sites (N-methyl/N-ethyl adjacent to an activating group) is 1. The van der Waals surface area contributed by atoms with Gasteiger partial charge in [-0.1, -0.05) is 35.4 Å². The quantitative estimate of drug-likeness (QED) is 0.864. The highest BCUT2D eigenvalue weighted by Crippen LogP contribution is 2.27. The molecule has 2 aromatic rings. The molecule has 0 bridgehead atoms. The number of phenols is 1. The van der Waals surface area contributed by atoms with Crippen LogP contribution in [0.1, 0.15) is 22.3 Å². The van der Waals surface area contributed by atoms with Gasteiger partial charge in [-0.3, -0.25) is 4.90 Å². The molecule has 140 valence electrons. The molecule has 0 unspecified atom stereocenters. The van der Waals surface area contributed by atoms with E-state index in [1.165, 1.54) is 5.56 Å². The van der Waals surface area contributed by atoms with Crippen LogP contribution in [0.3, 0.4) is 0 Å². The van der Waals surface area contributed by atoms with Crippen LogP contribution in [-0.4, -0.2) is 61.3 Å². The standard InChI is InChI=1S/C22H30N2O2/c1-17-4-6-21(25)19(14-17)16-20-15-18(2)5-7-22(20)26-13-12-24-10-8-23(3)9-11-24/h4-7,14-15,25H,8-13,16H2,1-3H3. The highest BCUT2D eigenvalue weighted by molar-refractivity contribution is 5.44. The molecule has 1 aliphatic rings. The van der Waals surface area contributed by atoms with Crippen LogP contribution in [0.25, 0.3) is 0 Å². The first-order valence-corrected chi connectivity index (χ1v) is 9.43. The van der Waals surface area contributed by atoms with Gasteiger partial charge in [-0.25, -0.2) is 0 Å². The minimum absolute atomic E-state index is 0.348. The molecule has 0 saturated carbocycles. The molecule has 1 heterocycles. The average molecular weight is 354 g/mol. The van der Waals surface area contributed by atoms with Crippen molar-refractivity contribution in [2.24, 2.45) is 0 Å². The summed E-state index contributed by atoms with van der Waals surface area (Å²) in [7, 11) is 2.17. The molecule has 3 rings (SSSR count). The van der Waals surface area contributed by atoms with Gasteiger partial charge in [0.2, 0.25) is 0 Å². The van der Waals surface area contributed by atoms with Gasteiger partial charge in [0, 0.05) is 39.1 Å². The zero-order valence-electron chi connectivity index (χ0n) is 16.2. The van der Waals surface area contributed by atoms with Crippen molar-refractivity contribution in [2.75, 3.05) is 46.4 Å². The third-order valence-corrected chi connectivity index (χ3v) is 5.09. The van der Waals surface area contributed by atoms with Crippen LogP contribution in [0.4, 0.5) is 0 Å². The van der Waals surface area contributed by atoms with Crippen molar-refractivity contribution in [3.8, 4) is 11.5 Å². The van der Waals surface area contributed by atoms with Crippen LogP contribution in [0.5, 0.6) is 11.5 Å². The lowest BCUT2D eigenvalue weighted by molar-refractivity contribution is 0.133. The smallest absolute Gasteiger partial charge is 0.122 e. The van der Waals surface area contributed by atoms with Gasteiger partial charge in [0.05, 0.1) is 0 Å². The van der Waals surface area contributed by atoms with Crippen molar-refractivity contribution in [2.45, 2.75) is 20.3 Å². The second-order valence-corrected chi connectivity index (χ2v) is 7.41. The number of ether oxygens (including phenoxy) is 1. The Labute approximate surface area is 157 Å². The second kappa shape index (κ2) is 8.56. The van der Waals surface area contributed by atoms with E-state index in [9.17, 15) is 5.11 Å². The van der Waals surface area contributed by atoms with E-state index in [-0.39, 0.29) is 0 Å². The molecule has 1 saturated heterocycles. The molecule has 0 aliphatic carbocycles. The van der Waals surface area contributed by atoms with E-state index in [1.54, 1.807) is 6.07 Å². The van der Waals surface area contributed by atoms with Crippen LogP contribution in [0.15, 0.2) is 36.4 Å². The van der Waals surface area contributed by atoms with Gasteiger partial charge < -0.3 is 14.7 Å². The largest absolute Gasteiger partial charge is 0.508 e. The minimum Gasteiger partial charge on any atom is -0.508 e. The van der Waals surface area contributed by atoms with E-state index in [0.717, 1.165) is 55.2 Å². The number of aromatic hydroxyl groups is 1. The first-order chi connectivity index (χ1) is 12.5. The van der Waals surface area contributed by atoms with Gasteiger partial charge in [-0.15, -0.1) is 0 Å². The first-order valence-electron chi connectivity index (χ1n) is 9.43. The van der Waals surface area contributed by atoms with E-state index in [0.29, 0.717) is 18.8 Å². The third-order valence-electron chi connectivity index (χ3n) is 5.09. The normalized spacial score (nSPS) is 16.0. The summed E-state index contributed by atoms with van der Waals surface area (Å²) in [5.74, 6) is 1.27. The molecular formula is C22H30N2O2. The van der Waals surface area contributed by atoms with Crippen molar-refractivity contribution in [3.63, 3.8) is 0 Å². The van der Waals surface area contributed by atoms with Gasteiger partial charge in [0.15, 0.2) is 0 Å². The fraction of sp³-hybridized carbons (Fsp3) is 0.455. The number of hydrogen-bond donors (Lipinski definition) is 1. The summed E-state index contributed by atoms with van der Waals surface area (Å²) in [4.78, 5) is 4.82.